The van der Waals surface area contributed by atoms with Crippen LogP contribution >= 0.6 is 0 Å². The van der Waals surface area contributed by atoms with E-state index in [0.717, 1.165) is 0 Å². The Morgan fingerprint density at radius 2 is 2.31 bits per heavy atom. The number of aromatic nitrogens is 1. The molecule has 1 aromatic heterocycles. The van der Waals surface area contributed by atoms with Crippen LogP contribution in [0.5, 0.6) is 5.75 Å². The lowest BCUT2D eigenvalue weighted by atomic mass is 10.2. The molecule has 13 heavy (non-hydrogen) atoms. The standard InChI is InChI=1S/C7H8N2O4/c1-2-4-3-8-7(11)5(6(4)10)9(12)13/h3H,2H2,1H3,(H2,8,10,11). The number of nitrogens with zero attached hydrogens (tertiary/aromatic N) is 1. The fraction of sp³-hybridized carbons (Fsp3) is 0.286. The first-order valence-electron chi connectivity index (χ1n) is 3.65. The lowest BCUT2D eigenvalue weighted by Gasteiger charge is -1.99. The Balaban J connectivity index is 3.48. The molecule has 0 saturated heterocycles. The first kappa shape index (κ1) is 9.24. The summed E-state index contributed by atoms with van der Waals surface area (Å²) in [5.74, 6) is -0.545. The van der Waals surface area contributed by atoms with Gasteiger partial charge in [-0.3, -0.25) is 14.9 Å². The van der Waals surface area contributed by atoms with Gasteiger partial charge in [-0.15, -0.1) is 0 Å². The Kier molecular flexibility index (Phi) is 2.32. The molecule has 1 heterocycles. The number of aryl methyl sites for hydroxylation is 1. The molecular formula is C7H8N2O4. The fourth-order valence-electron chi connectivity index (χ4n) is 0.988. The normalized spacial score (nSPS) is 9.92. The average Bonchev–Trinajstić information content (AvgIpc) is 2.04. The van der Waals surface area contributed by atoms with Crippen LogP contribution in [0.3, 0.4) is 0 Å². The molecule has 2 N–H and O–H groups in total. The van der Waals surface area contributed by atoms with Crippen molar-refractivity contribution in [3.8, 4) is 5.75 Å². The average molecular weight is 184 g/mol. The van der Waals surface area contributed by atoms with Gasteiger partial charge in [0.15, 0.2) is 0 Å². The highest BCUT2D eigenvalue weighted by Crippen LogP contribution is 2.24. The van der Waals surface area contributed by atoms with Gasteiger partial charge in [0.25, 0.3) is 0 Å². The predicted molar refractivity (Wildman–Crippen MR) is 44.8 cm³/mol. The van der Waals surface area contributed by atoms with Crippen molar-refractivity contribution >= 4 is 5.69 Å². The van der Waals surface area contributed by atoms with Gasteiger partial charge in [0, 0.05) is 11.8 Å². The molecule has 0 aromatic carbocycles. The Morgan fingerprint density at radius 1 is 1.69 bits per heavy atom. The summed E-state index contributed by atoms with van der Waals surface area (Å²) in [6, 6.07) is 0. The quantitative estimate of drug-likeness (QED) is 0.518. The van der Waals surface area contributed by atoms with E-state index in [2.05, 4.69) is 4.98 Å². The first-order valence-corrected chi connectivity index (χ1v) is 3.65. The van der Waals surface area contributed by atoms with Crippen molar-refractivity contribution in [2.45, 2.75) is 13.3 Å². The molecular weight excluding hydrogens is 176 g/mol. The zero-order chi connectivity index (χ0) is 10.0. The van der Waals surface area contributed by atoms with E-state index in [1.54, 1.807) is 6.92 Å². The summed E-state index contributed by atoms with van der Waals surface area (Å²) in [4.78, 5) is 22.5. The first-order chi connectivity index (χ1) is 6.07. The van der Waals surface area contributed by atoms with E-state index in [0.29, 0.717) is 12.0 Å². The minimum absolute atomic E-state index is 0.353. The maximum Gasteiger partial charge on any atom is 0.375 e. The predicted octanol–water partition coefficient (Wildman–Crippen LogP) is 0.551. The van der Waals surface area contributed by atoms with Crippen molar-refractivity contribution in [2.24, 2.45) is 0 Å². The van der Waals surface area contributed by atoms with Gasteiger partial charge in [-0.2, -0.15) is 0 Å². The van der Waals surface area contributed by atoms with Gasteiger partial charge < -0.3 is 10.1 Å². The van der Waals surface area contributed by atoms with Crippen LogP contribution in [0, 0.1) is 10.1 Å². The lowest BCUT2D eigenvalue weighted by Crippen LogP contribution is -2.12. The number of nitrogens with one attached hydrogen (secondary N) is 1. The van der Waals surface area contributed by atoms with Crippen LogP contribution in [0.15, 0.2) is 11.0 Å². The third-order valence-corrected chi connectivity index (χ3v) is 1.68. The molecule has 0 aliphatic carbocycles. The van der Waals surface area contributed by atoms with E-state index in [1.165, 1.54) is 6.20 Å². The Labute approximate surface area is 73.0 Å². The summed E-state index contributed by atoms with van der Waals surface area (Å²) < 4.78 is 0. The summed E-state index contributed by atoms with van der Waals surface area (Å²) in [5.41, 5.74) is -1.33. The van der Waals surface area contributed by atoms with E-state index in [4.69, 9.17) is 0 Å². The number of hydrogen-bond acceptors (Lipinski definition) is 4. The molecule has 0 unspecified atom stereocenters. The molecule has 0 aliphatic rings. The second kappa shape index (κ2) is 3.26. The van der Waals surface area contributed by atoms with Crippen LogP contribution < -0.4 is 5.56 Å². The Morgan fingerprint density at radius 3 is 2.77 bits per heavy atom. The van der Waals surface area contributed by atoms with E-state index < -0.39 is 21.9 Å². The molecule has 1 aromatic rings. The van der Waals surface area contributed by atoms with Crippen molar-refractivity contribution in [2.75, 3.05) is 0 Å². The van der Waals surface area contributed by atoms with Gasteiger partial charge in [0.2, 0.25) is 5.75 Å². The number of aromatic hydroxyl groups is 1. The zero-order valence-corrected chi connectivity index (χ0v) is 6.90. The van der Waals surface area contributed by atoms with Gasteiger partial charge in [0.1, 0.15) is 0 Å². The van der Waals surface area contributed by atoms with Crippen LogP contribution in [0.2, 0.25) is 0 Å². The SMILES string of the molecule is CCc1c[nH]c(=O)c([N+](=O)[O-])c1O. The number of pyridine rings is 1. The molecule has 0 atom stereocenters. The highest BCUT2D eigenvalue weighted by atomic mass is 16.6. The van der Waals surface area contributed by atoms with E-state index in [9.17, 15) is 20.0 Å². The molecule has 0 saturated carbocycles. The molecule has 0 radical (unpaired) electrons. The van der Waals surface area contributed by atoms with Crippen molar-refractivity contribution < 1.29 is 10.0 Å². The molecule has 6 heteroatoms. The van der Waals surface area contributed by atoms with Crippen molar-refractivity contribution in [1.29, 1.82) is 0 Å². The third kappa shape index (κ3) is 1.51. The second-order valence-corrected chi connectivity index (χ2v) is 2.45. The minimum atomic E-state index is -0.896. The van der Waals surface area contributed by atoms with E-state index >= 15 is 0 Å². The monoisotopic (exact) mass is 184 g/mol. The number of H-pyrrole nitrogens is 1. The second-order valence-electron chi connectivity index (χ2n) is 2.45. The number of nitro groups is 1. The van der Waals surface area contributed by atoms with Crippen LogP contribution in [-0.4, -0.2) is 15.0 Å². The Hall–Kier alpha value is -1.85. The summed E-state index contributed by atoms with van der Waals surface area (Å²) in [5, 5.41) is 19.6. The van der Waals surface area contributed by atoms with Crippen molar-refractivity contribution in [3.05, 3.63) is 32.2 Å². The van der Waals surface area contributed by atoms with Crippen LogP contribution in [0.4, 0.5) is 5.69 Å². The van der Waals surface area contributed by atoms with Gasteiger partial charge in [0.05, 0.1) is 4.92 Å². The largest absolute Gasteiger partial charge is 0.502 e. The smallest absolute Gasteiger partial charge is 0.375 e. The molecule has 70 valence electrons. The maximum atomic E-state index is 10.9. The molecule has 0 aliphatic heterocycles. The number of aromatic amines is 1. The third-order valence-electron chi connectivity index (χ3n) is 1.68. The van der Waals surface area contributed by atoms with E-state index in [-0.39, 0.29) is 0 Å². The van der Waals surface area contributed by atoms with Crippen LogP contribution in [-0.2, 0) is 6.42 Å². The summed E-state index contributed by atoms with van der Waals surface area (Å²) in [7, 11) is 0. The van der Waals surface area contributed by atoms with Gasteiger partial charge in [-0.05, 0) is 6.42 Å². The fourth-order valence-corrected chi connectivity index (χ4v) is 0.988. The molecule has 6 nitrogen and oxygen atoms in total. The molecule has 0 bridgehead atoms. The van der Waals surface area contributed by atoms with Crippen LogP contribution in [0.1, 0.15) is 12.5 Å². The van der Waals surface area contributed by atoms with Gasteiger partial charge in [-0.1, -0.05) is 6.92 Å². The molecule has 0 spiro atoms. The molecule has 0 fully saturated rings. The number of hydrogen-bond donors (Lipinski definition) is 2. The molecule has 0 amide bonds. The maximum absolute atomic E-state index is 10.9. The van der Waals surface area contributed by atoms with Crippen molar-refractivity contribution in [3.63, 3.8) is 0 Å². The summed E-state index contributed by atoms with van der Waals surface area (Å²) in [6.45, 7) is 1.72. The minimum Gasteiger partial charge on any atom is -0.502 e. The lowest BCUT2D eigenvalue weighted by molar-refractivity contribution is -0.387. The Bertz CT molecular complexity index is 396. The zero-order valence-electron chi connectivity index (χ0n) is 6.90. The summed E-state index contributed by atoms with van der Waals surface area (Å²) >= 11 is 0. The van der Waals surface area contributed by atoms with Gasteiger partial charge in [-0.25, -0.2) is 0 Å². The number of rotatable bonds is 2. The van der Waals surface area contributed by atoms with Crippen LogP contribution in [0.25, 0.3) is 0 Å². The van der Waals surface area contributed by atoms with Gasteiger partial charge >= 0.3 is 11.2 Å². The van der Waals surface area contributed by atoms with E-state index in [1.807, 2.05) is 0 Å². The topological polar surface area (TPSA) is 96.2 Å². The molecule has 1 rings (SSSR count). The highest BCUT2D eigenvalue weighted by molar-refractivity contribution is 5.47. The highest BCUT2D eigenvalue weighted by Gasteiger charge is 2.21. The van der Waals surface area contributed by atoms with Crippen molar-refractivity contribution in [1.82, 2.24) is 4.98 Å². The summed E-state index contributed by atoms with van der Waals surface area (Å²) in [6.07, 6.45) is 1.69.